The van der Waals surface area contributed by atoms with E-state index in [1.54, 1.807) is 6.07 Å². The monoisotopic (exact) mass is 207 g/mol. The number of nitrogens with two attached hydrogens (primary N) is 1. The van der Waals surface area contributed by atoms with E-state index in [1.165, 1.54) is 6.07 Å². The van der Waals surface area contributed by atoms with Gasteiger partial charge in [-0.1, -0.05) is 0 Å². The Bertz CT molecular complexity index is 415. The van der Waals surface area contributed by atoms with E-state index in [-0.39, 0.29) is 11.7 Å². The Balaban J connectivity index is 2.55. The number of rotatable bonds is 1. The molecule has 0 radical (unpaired) electrons. The van der Waals surface area contributed by atoms with Gasteiger partial charge in [0.15, 0.2) is 0 Å². The zero-order valence-corrected chi connectivity index (χ0v) is 8.49. The summed E-state index contributed by atoms with van der Waals surface area (Å²) in [7, 11) is 0. The zero-order chi connectivity index (χ0) is 11.0. The van der Waals surface area contributed by atoms with E-state index in [2.05, 4.69) is 0 Å². The quantitative estimate of drug-likeness (QED) is 0.687. The van der Waals surface area contributed by atoms with E-state index in [4.69, 9.17) is 15.6 Å². The van der Waals surface area contributed by atoms with Crippen molar-refractivity contribution in [3.05, 3.63) is 23.3 Å². The fourth-order valence-electron chi connectivity index (χ4n) is 1.82. The highest BCUT2D eigenvalue weighted by Crippen LogP contribution is 2.33. The normalized spacial score (nSPS) is 19.1. The van der Waals surface area contributed by atoms with Crippen LogP contribution < -0.4 is 10.5 Å². The van der Waals surface area contributed by atoms with Crippen molar-refractivity contribution in [3.8, 4) is 5.75 Å². The Hall–Kier alpha value is -1.71. The molecule has 1 aliphatic heterocycles. The van der Waals surface area contributed by atoms with E-state index < -0.39 is 5.97 Å². The van der Waals surface area contributed by atoms with Gasteiger partial charge in [0.1, 0.15) is 11.3 Å². The van der Waals surface area contributed by atoms with Gasteiger partial charge in [0.2, 0.25) is 0 Å². The smallest absolute Gasteiger partial charge is 0.339 e. The van der Waals surface area contributed by atoms with Gasteiger partial charge < -0.3 is 15.6 Å². The second-order valence-electron chi connectivity index (χ2n) is 3.83. The highest BCUT2D eigenvalue weighted by Gasteiger charge is 2.22. The summed E-state index contributed by atoms with van der Waals surface area (Å²) in [6, 6.07) is 3.23. The van der Waals surface area contributed by atoms with Gasteiger partial charge in [0.05, 0.1) is 6.10 Å². The van der Waals surface area contributed by atoms with Crippen LogP contribution in [0.2, 0.25) is 0 Å². The largest absolute Gasteiger partial charge is 0.490 e. The van der Waals surface area contributed by atoms with E-state index in [0.717, 1.165) is 18.4 Å². The number of aryl methyl sites for hydroxylation is 1. The summed E-state index contributed by atoms with van der Waals surface area (Å²) < 4.78 is 5.54. The fourth-order valence-corrected chi connectivity index (χ4v) is 1.82. The Morgan fingerprint density at radius 2 is 2.33 bits per heavy atom. The van der Waals surface area contributed by atoms with Crippen molar-refractivity contribution in [3.63, 3.8) is 0 Å². The molecule has 0 saturated heterocycles. The third-order valence-corrected chi connectivity index (χ3v) is 2.56. The van der Waals surface area contributed by atoms with E-state index in [0.29, 0.717) is 11.4 Å². The van der Waals surface area contributed by atoms with E-state index >= 15 is 0 Å². The Labute approximate surface area is 87.7 Å². The molecule has 0 aromatic heterocycles. The SMILES string of the molecule is CC1CCc2cc(N)cc(C(=O)O)c2O1. The molecular weight excluding hydrogens is 194 g/mol. The van der Waals surface area contributed by atoms with Gasteiger partial charge in [-0.3, -0.25) is 0 Å². The van der Waals surface area contributed by atoms with Crippen LogP contribution in [0, 0.1) is 0 Å². The molecule has 3 N–H and O–H groups in total. The summed E-state index contributed by atoms with van der Waals surface area (Å²) in [6.07, 6.45) is 1.79. The van der Waals surface area contributed by atoms with Crippen molar-refractivity contribution in [1.82, 2.24) is 0 Å². The lowest BCUT2D eigenvalue weighted by Crippen LogP contribution is -2.21. The van der Waals surface area contributed by atoms with Crippen LogP contribution >= 0.6 is 0 Å². The number of anilines is 1. The molecule has 0 aliphatic carbocycles. The Morgan fingerprint density at radius 1 is 1.60 bits per heavy atom. The molecule has 1 aliphatic rings. The average Bonchev–Trinajstić information content (AvgIpc) is 2.17. The average molecular weight is 207 g/mol. The number of hydrogen-bond donors (Lipinski definition) is 2. The van der Waals surface area contributed by atoms with Crippen LogP contribution in [0.3, 0.4) is 0 Å². The minimum atomic E-state index is -0.993. The maximum atomic E-state index is 11.0. The van der Waals surface area contributed by atoms with Crippen molar-refractivity contribution in [1.29, 1.82) is 0 Å². The maximum Gasteiger partial charge on any atom is 0.339 e. The molecule has 0 fully saturated rings. The molecule has 1 heterocycles. The predicted molar refractivity (Wildman–Crippen MR) is 56.2 cm³/mol. The molecular formula is C11H13NO3. The van der Waals surface area contributed by atoms with Crippen LogP contribution in [0.4, 0.5) is 5.69 Å². The molecule has 0 spiro atoms. The number of fused-ring (bicyclic) bond motifs is 1. The summed E-state index contributed by atoms with van der Waals surface area (Å²) in [4.78, 5) is 11.0. The number of carbonyl (C=O) groups is 1. The molecule has 1 unspecified atom stereocenters. The first-order valence-electron chi connectivity index (χ1n) is 4.90. The van der Waals surface area contributed by atoms with Crippen molar-refractivity contribution in [2.75, 3.05) is 5.73 Å². The first-order valence-corrected chi connectivity index (χ1v) is 4.90. The maximum absolute atomic E-state index is 11.0. The molecule has 0 amide bonds. The summed E-state index contributed by atoms with van der Waals surface area (Å²) in [6.45, 7) is 1.94. The van der Waals surface area contributed by atoms with Crippen molar-refractivity contribution < 1.29 is 14.6 Å². The topological polar surface area (TPSA) is 72.6 Å². The molecule has 0 bridgehead atoms. The number of aromatic carboxylic acids is 1. The van der Waals surface area contributed by atoms with Crippen LogP contribution in [0.5, 0.6) is 5.75 Å². The summed E-state index contributed by atoms with van der Waals surface area (Å²) in [5.74, 6) is -0.511. The first kappa shape index (κ1) is 9.83. The third kappa shape index (κ3) is 1.75. The van der Waals surface area contributed by atoms with Crippen LogP contribution in [0.25, 0.3) is 0 Å². The predicted octanol–water partition coefficient (Wildman–Crippen LogP) is 1.68. The number of nitrogen functional groups attached to an aromatic ring is 1. The number of ether oxygens (including phenoxy) is 1. The Morgan fingerprint density at radius 3 is 3.00 bits per heavy atom. The molecule has 80 valence electrons. The van der Waals surface area contributed by atoms with Gasteiger partial charge in [-0.2, -0.15) is 0 Å². The van der Waals surface area contributed by atoms with Crippen molar-refractivity contribution in [2.24, 2.45) is 0 Å². The highest BCUT2D eigenvalue weighted by atomic mass is 16.5. The van der Waals surface area contributed by atoms with Crippen LogP contribution in [0.1, 0.15) is 29.3 Å². The first-order chi connectivity index (χ1) is 7.08. The minimum absolute atomic E-state index is 0.0687. The van der Waals surface area contributed by atoms with Crippen molar-refractivity contribution >= 4 is 11.7 Å². The fraction of sp³-hybridized carbons (Fsp3) is 0.364. The number of hydrogen-bond acceptors (Lipinski definition) is 3. The molecule has 2 rings (SSSR count). The van der Waals surface area contributed by atoms with Gasteiger partial charge >= 0.3 is 5.97 Å². The van der Waals surface area contributed by atoms with Crippen molar-refractivity contribution in [2.45, 2.75) is 25.9 Å². The summed E-state index contributed by atoms with van der Waals surface area (Å²) in [5, 5.41) is 9.02. The minimum Gasteiger partial charge on any atom is -0.490 e. The Kier molecular flexibility index (Phi) is 2.26. The molecule has 1 aromatic rings. The third-order valence-electron chi connectivity index (χ3n) is 2.56. The standard InChI is InChI=1S/C11H13NO3/c1-6-2-3-7-4-8(12)5-9(11(13)14)10(7)15-6/h4-6H,2-3,12H2,1H3,(H,13,14). The second kappa shape index (κ2) is 3.46. The molecule has 1 atom stereocenters. The number of carboxylic acid groups (broad SMARTS) is 1. The molecule has 4 nitrogen and oxygen atoms in total. The highest BCUT2D eigenvalue weighted by molar-refractivity contribution is 5.92. The van der Waals surface area contributed by atoms with Gasteiger partial charge in [-0.25, -0.2) is 4.79 Å². The van der Waals surface area contributed by atoms with E-state index in [1.807, 2.05) is 6.92 Å². The van der Waals surface area contributed by atoms with Crippen LogP contribution in [-0.2, 0) is 6.42 Å². The summed E-state index contributed by atoms with van der Waals surface area (Å²) >= 11 is 0. The van der Waals surface area contributed by atoms with Crippen LogP contribution in [0.15, 0.2) is 12.1 Å². The van der Waals surface area contributed by atoms with Gasteiger partial charge in [-0.05, 0) is 37.5 Å². The molecule has 1 aromatic carbocycles. The second-order valence-corrected chi connectivity index (χ2v) is 3.83. The lowest BCUT2D eigenvalue weighted by Gasteiger charge is -2.24. The van der Waals surface area contributed by atoms with Gasteiger partial charge in [0, 0.05) is 5.69 Å². The van der Waals surface area contributed by atoms with Gasteiger partial charge in [0.25, 0.3) is 0 Å². The molecule has 15 heavy (non-hydrogen) atoms. The number of carboxylic acids is 1. The lowest BCUT2D eigenvalue weighted by molar-refractivity contribution is 0.0687. The lowest BCUT2D eigenvalue weighted by atomic mass is 9.99. The zero-order valence-electron chi connectivity index (χ0n) is 8.49. The number of benzene rings is 1. The summed E-state index contributed by atoms with van der Waals surface area (Å²) in [5.41, 5.74) is 7.17. The molecule has 0 saturated carbocycles. The van der Waals surface area contributed by atoms with Gasteiger partial charge in [-0.15, -0.1) is 0 Å². The van der Waals surface area contributed by atoms with Crippen LogP contribution in [-0.4, -0.2) is 17.2 Å². The van der Waals surface area contributed by atoms with E-state index in [9.17, 15) is 4.79 Å². The molecule has 4 heteroatoms.